The lowest BCUT2D eigenvalue weighted by Gasteiger charge is -2.25. The minimum Gasteiger partial charge on any atom is -0.0999 e. The molecule has 2 atom stereocenters. The van der Waals surface area contributed by atoms with Crippen LogP contribution in [0, 0.1) is 11.8 Å². The van der Waals surface area contributed by atoms with Gasteiger partial charge < -0.3 is 0 Å². The Kier molecular flexibility index (Phi) is 7.05. The van der Waals surface area contributed by atoms with Crippen molar-refractivity contribution in [1.29, 1.82) is 0 Å². The van der Waals surface area contributed by atoms with E-state index < -0.39 is 0 Å². The standard InChI is InChI=1S/C20H32/c1-15(2)19-12-10-8-7-9-11-17(5)18(6)13-20(14-19)16(3)4/h7-8,19-20H,1,3,9-14H2,2,4-6H3/b8-7+,18-17+/t19-,20+/m0/s1. The summed E-state index contributed by atoms with van der Waals surface area (Å²) >= 11 is 0. The van der Waals surface area contributed by atoms with Gasteiger partial charge in [-0.05, 0) is 78.1 Å². The minimum atomic E-state index is 0.607. The van der Waals surface area contributed by atoms with Crippen LogP contribution in [0.2, 0.25) is 0 Å². The van der Waals surface area contributed by atoms with Gasteiger partial charge in [0.05, 0.1) is 0 Å². The molecule has 1 aliphatic rings. The molecule has 0 bridgehead atoms. The van der Waals surface area contributed by atoms with Gasteiger partial charge in [0.25, 0.3) is 0 Å². The first kappa shape index (κ1) is 17.0. The van der Waals surface area contributed by atoms with Crippen molar-refractivity contribution >= 4 is 0 Å². The van der Waals surface area contributed by atoms with Crippen molar-refractivity contribution in [2.75, 3.05) is 0 Å². The van der Waals surface area contributed by atoms with Crippen molar-refractivity contribution in [1.82, 2.24) is 0 Å². The molecule has 112 valence electrons. The van der Waals surface area contributed by atoms with Crippen LogP contribution in [0.3, 0.4) is 0 Å². The highest BCUT2D eigenvalue weighted by Gasteiger charge is 2.18. The fourth-order valence-corrected chi connectivity index (χ4v) is 2.96. The summed E-state index contributed by atoms with van der Waals surface area (Å²) in [5.74, 6) is 1.24. The zero-order valence-corrected chi connectivity index (χ0v) is 14.0. The van der Waals surface area contributed by atoms with E-state index in [2.05, 4.69) is 53.0 Å². The smallest absolute Gasteiger partial charge is 0.0166 e. The first-order valence-corrected chi connectivity index (χ1v) is 8.02. The molecule has 0 heterocycles. The molecule has 0 aliphatic heterocycles. The Morgan fingerprint density at radius 3 is 2.15 bits per heavy atom. The van der Waals surface area contributed by atoms with Crippen LogP contribution in [0.25, 0.3) is 0 Å². The summed E-state index contributed by atoms with van der Waals surface area (Å²) in [6.45, 7) is 17.4. The van der Waals surface area contributed by atoms with Gasteiger partial charge in [-0.15, -0.1) is 0 Å². The molecule has 0 nitrogen and oxygen atoms in total. The lowest BCUT2D eigenvalue weighted by atomic mass is 9.80. The first-order valence-electron chi connectivity index (χ1n) is 8.02. The maximum Gasteiger partial charge on any atom is -0.0166 e. The summed E-state index contributed by atoms with van der Waals surface area (Å²) in [5, 5.41) is 0. The van der Waals surface area contributed by atoms with E-state index in [4.69, 9.17) is 0 Å². The predicted molar refractivity (Wildman–Crippen MR) is 91.8 cm³/mol. The Hall–Kier alpha value is -1.04. The monoisotopic (exact) mass is 272 g/mol. The fourth-order valence-electron chi connectivity index (χ4n) is 2.96. The topological polar surface area (TPSA) is 0 Å². The van der Waals surface area contributed by atoms with Crippen molar-refractivity contribution < 1.29 is 0 Å². The van der Waals surface area contributed by atoms with Crippen LogP contribution < -0.4 is 0 Å². The van der Waals surface area contributed by atoms with Crippen molar-refractivity contribution in [3.05, 3.63) is 47.6 Å². The summed E-state index contributed by atoms with van der Waals surface area (Å²) in [7, 11) is 0. The van der Waals surface area contributed by atoms with Gasteiger partial charge in [-0.2, -0.15) is 0 Å². The molecule has 1 rings (SSSR count). The van der Waals surface area contributed by atoms with Gasteiger partial charge in [-0.3, -0.25) is 0 Å². The third-order valence-corrected chi connectivity index (χ3v) is 4.78. The fraction of sp³-hybridized carbons (Fsp3) is 0.600. The first-order chi connectivity index (χ1) is 9.41. The second-order valence-electron chi connectivity index (χ2n) is 6.67. The zero-order valence-electron chi connectivity index (χ0n) is 14.0. The molecule has 0 saturated heterocycles. The van der Waals surface area contributed by atoms with E-state index in [1.807, 2.05) is 0 Å². The van der Waals surface area contributed by atoms with Crippen molar-refractivity contribution in [3.63, 3.8) is 0 Å². The average Bonchev–Trinajstić information content (AvgIpc) is 2.37. The molecule has 0 saturated carbocycles. The molecular weight excluding hydrogens is 240 g/mol. The lowest BCUT2D eigenvalue weighted by Crippen LogP contribution is -2.12. The Morgan fingerprint density at radius 2 is 1.55 bits per heavy atom. The maximum atomic E-state index is 4.23. The highest BCUT2D eigenvalue weighted by molar-refractivity contribution is 5.15. The number of allylic oxidation sites excluding steroid dienone is 6. The molecule has 0 aromatic carbocycles. The van der Waals surface area contributed by atoms with Gasteiger partial charge in [0.15, 0.2) is 0 Å². The van der Waals surface area contributed by atoms with E-state index in [1.54, 1.807) is 11.1 Å². The van der Waals surface area contributed by atoms with Crippen molar-refractivity contribution in [2.24, 2.45) is 11.8 Å². The van der Waals surface area contributed by atoms with E-state index in [0.29, 0.717) is 11.8 Å². The van der Waals surface area contributed by atoms with E-state index in [-0.39, 0.29) is 0 Å². The number of hydrogen-bond acceptors (Lipinski definition) is 0. The van der Waals surface area contributed by atoms with Gasteiger partial charge in [0.2, 0.25) is 0 Å². The third-order valence-electron chi connectivity index (χ3n) is 4.78. The molecule has 20 heavy (non-hydrogen) atoms. The molecule has 0 radical (unpaired) electrons. The predicted octanol–water partition coefficient (Wildman–Crippen LogP) is 6.62. The Bertz CT molecular complexity index is 406. The highest BCUT2D eigenvalue weighted by atomic mass is 14.2. The van der Waals surface area contributed by atoms with E-state index in [0.717, 1.165) is 0 Å². The van der Waals surface area contributed by atoms with E-state index >= 15 is 0 Å². The third kappa shape index (κ3) is 5.53. The SMILES string of the molecule is C=C(C)[C@@H]1C/C(C)=C(\C)CC/C=C/CC[C@H](C(=C)C)C1. The largest absolute Gasteiger partial charge is 0.0999 e. The maximum absolute atomic E-state index is 4.23. The molecule has 0 N–H and O–H groups in total. The van der Waals surface area contributed by atoms with Crippen LogP contribution in [-0.4, -0.2) is 0 Å². The summed E-state index contributed by atoms with van der Waals surface area (Å²) in [6, 6.07) is 0. The van der Waals surface area contributed by atoms with Crippen LogP contribution in [0.1, 0.15) is 66.2 Å². The van der Waals surface area contributed by atoms with E-state index in [9.17, 15) is 0 Å². The summed E-state index contributed by atoms with van der Waals surface area (Å²) in [4.78, 5) is 0. The molecule has 0 aromatic heterocycles. The van der Waals surface area contributed by atoms with Gasteiger partial charge >= 0.3 is 0 Å². The average molecular weight is 272 g/mol. The van der Waals surface area contributed by atoms with Crippen LogP contribution >= 0.6 is 0 Å². The number of rotatable bonds is 2. The van der Waals surface area contributed by atoms with Crippen molar-refractivity contribution in [2.45, 2.75) is 66.2 Å². The van der Waals surface area contributed by atoms with Crippen LogP contribution in [-0.2, 0) is 0 Å². The van der Waals surface area contributed by atoms with Crippen LogP contribution in [0.4, 0.5) is 0 Å². The zero-order chi connectivity index (χ0) is 15.1. The van der Waals surface area contributed by atoms with Crippen molar-refractivity contribution in [3.8, 4) is 0 Å². The molecule has 0 unspecified atom stereocenters. The highest BCUT2D eigenvalue weighted by Crippen LogP contribution is 2.32. The molecule has 0 spiro atoms. The van der Waals surface area contributed by atoms with Gasteiger partial charge in [0.1, 0.15) is 0 Å². The molecule has 0 amide bonds. The van der Waals surface area contributed by atoms with Gasteiger partial charge in [-0.1, -0.05) is 47.6 Å². The van der Waals surface area contributed by atoms with Gasteiger partial charge in [0, 0.05) is 0 Å². The molecule has 0 fully saturated rings. The summed E-state index contributed by atoms with van der Waals surface area (Å²) in [6.07, 6.45) is 11.9. The molecule has 0 aromatic rings. The molecule has 0 heteroatoms. The quantitative estimate of drug-likeness (QED) is 0.496. The second kappa shape index (κ2) is 8.29. The Balaban J connectivity index is 2.94. The molecular formula is C20H32. The summed E-state index contributed by atoms with van der Waals surface area (Å²) < 4.78 is 0. The summed E-state index contributed by atoms with van der Waals surface area (Å²) in [5.41, 5.74) is 5.79. The van der Waals surface area contributed by atoms with E-state index in [1.165, 1.54) is 49.7 Å². The Labute approximate surface area is 126 Å². The minimum absolute atomic E-state index is 0.607. The Morgan fingerprint density at radius 1 is 0.950 bits per heavy atom. The molecule has 1 aliphatic carbocycles. The van der Waals surface area contributed by atoms with Crippen LogP contribution in [0.5, 0.6) is 0 Å². The second-order valence-corrected chi connectivity index (χ2v) is 6.67. The lowest BCUT2D eigenvalue weighted by molar-refractivity contribution is 0.426. The normalized spacial score (nSPS) is 31.0. The van der Waals surface area contributed by atoms with Crippen LogP contribution in [0.15, 0.2) is 47.6 Å². The van der Waals surface area contributed by atoms with Gasteiger partial charge in [-0.25, -0.2) is 0 Å². The number of hydrogen-bond donors (Lipinski definition) is 0.